The summed E-state index contributed by atoms with van der Waals surface area (Å²) in [6.45, 7) is 2.51. The van der Waals surface area contributed by atoms with Crippen molar-refractivity contribution in [2.24, 2.45) is 17.4 Å². The lowest BCUT2D eigenvalue weighted by atomic mass is 9.96. The van der Waals surface area contributed by atoms with E-state index in [1.54, 1.807) is 0 Å². The van der Waals surface area contributed by atoms with Gasteiger partial charge >= 0.3 is 0 Å². The third-order valence-electron chi connectivity index (χ3n) is 3.69. The van der Waals surface area contributed by atoms with Crippen LogP contribution in [-0.2, 0) is 11.3 Å². The van der Waals surface area contributed by atoms with Gasteiger partial charge in [-0.05, 0) is 49.7 Å². The van der Waals surface area contributed by atoms with Gasteiger partial charge in [-0.1, -0.05) is 11.8 Å². The maximum absolute atomic E-state index is 13.6. The van der Waals surface area contributed by atoms with Crippen LogP contribution in [0.4, 0.5) is 4.39 Å². The summed E-state index contributed by atoms with van der Waals surface area (Å²) in [6.07, 6.45) is 1.54. The molecule has 0 unspecified atom stereocenters. The van der Waals surface area contributed by atoms with Gasteiger partial charge in [-0.25, -0.2) is 4.39 Å². The molecule has 0 saturated carbocycles. The fourth-order valence-corrected chi connectivity index (χ4v) is 2.60. The summed E-state index contributed by atoms with van der Waals surface area (Å²) < 4.78 is 13.6. The van der Waals surface area contributed by atoms with Crippen LogP contribution in [0.3, 0.4) is 0 Å². The van der Waals surface area contributed by atoms with Gasteiger partial charge in [0.1, 0.15) is 5.82 Å². The number of carbonyl (C=O) groups is 1. The molecule has 21 heavy (non-hydrogen) atoms. The van der Waals surface area contributed by atoms with Gasteiger partial charge in [0.15, 0.2) is 0 Å². The summed E-state index contributed by atoms with van der Waals surface area (Å²) in [5.74, 6) is 5.04. The molecule has 4 N–H and O–H groups in total. The Labute approximate surface area is 124 Å². The molecule has 4 nitrogen and oxygen atoms in total. The normalized spacial score (nSPS) is 16.3. The standard InChI is InChI=1S/C16H20FN3O/c17-15-9-12(2-1-5-18)8-13(10-15)11-20-6-3-14(4-7-20)16(19)21/h8-10,14H,3-7,11,18H2,(H2,19,21). The number of hydrogen-bond donors (Lipinski definition) is 2. The molecule has 112 valence electrons. The van der Waals surface area contributed by atoms with E-state index in [4.69, 9.17) is 11.5 Å². The molecule has 2 rings (SSSR count). The van der Waals surface area contributed by atoms with E-state index >= 15 is 0 Å². The summed E-state index contributed by atoms with van der Waals surface area (Å²) >= 11 is 0. The second-order valence-corrected chi connectivity index (χ2v) is 5.31. The predicted molar refractivity (Wildman–Crippen MR) is 79.5 cm³/mol. The maximum atomic E-state index is 13.6. The minimum atomic E-state index is -0.291. The molecule has 1 heterocycles. The van der Waals surface area contributed by atoms with E-state index in [1.807, 2.05) is 6.07 Å². The van der Waals surface area contributed by atoms with Crippen LogP contribution < -0.4 is 11.5 Å². The fraction of sp³-hybridized carbons (Fsp3) is 0.438. The van der Waals surface area contributed by atoms with Crippen LogP contribution in [0.25, 0.3) is 0 Å². The molecule has 0 aromatic heterocycles. The highest BCUT2D eigenvalue weighted by Gasteiger charge is 2.23. The zero-order valence-corrected chi connectivity index (χ0v) is 11.9. The van der Waals surface area contributed by atoms with Gasteiger partial charge < -0.3 is 11.5 Å². The van der Waals surface area contributed by atoms with E-state index in [-0.39, 0.29) is 24.2 Å². The molecule has 1 aromatic carbocycles. The first kappa shape index (κ1) is 15.5. The summed E-state index contributed by atoms with van der Waals surface area (Å²) in [5, 5.41) is 0. The van der Waals surface area contributed by atoms with Gasteiger partial charge in [-0.3, -0.25) is 9.69 Å². The first-order valence-corrected chi connectivity index (χ1v) is 7.08. The third-order valence-corrected chi connectivity index (χ3v) is 3.69. The molecule has 1 aromatic rings. The number of carbonyl (C=O) groups excluding carboxylic acids is 1. The Morgan fingerprint density at radius 1 is 1.33 bits per heavy atom. The number of rotatable bonds is 3. The van der Waals surface area contributed by atoms with E-state index in [2.05, 4.69) is 16.7 Å². The maximum Gasteiger partial charge on any atom is 0.220 e. The van der Waals surface area contributed by atoms with E-state index in [0.717, 1.165) is 31.5 Å². The number of benzene rings is 1. The van der Waals surface area contributed by atoms with Crippen LogP contribution in [0.15, 0.2) is 18.2 Å². The van der Waals surface area contributed by atoms with Gasteiger partial charge in [0, 0.05) is 18.0 Å². The van der Waals surface area contributed by atoms with Crippen molar-refractivity contribution < 1.29 is 9.18 Å². The molecule has 0 spiro atoms. The minimum absolute atomic E-state index is 0.0280. The van der Waals surface area contributed by atoms with E-state index < -0.39 is 0 Å². The number of halogens is 1. The second kappa shape index (κ2) is 7.21. The fourth-order valence-electron chi connectivity index (χ4n) is 2.60. The van der Waals surface area contributed by atoms with Gasteiger partial charge in [-0.15, -0.1) is 0 Å². The van der Waals surface area contributed by atoms with Crippen LogP contribution in [-0.4, -0.2) is 30.4 Å². The van der Waals surface area contributed by atoms with Crippen LogP contribution in [0, 0.1) is 23.6 Å². The van der Waals surface area contributed by atoms with Crippen molar-refractivity contribution in [1.82, 2.24) is 4.90 Å². The average molecular weight is 289 g/mol. The summed E-state index contributed by atoms with van der Waals surface area (Å²) in [7, 11) is 0. The molecule has 0 atom stereocenters. The Morgan fingerprint density at radius 2 is 2.05 bits per heavy atom. The highest BCUT2D eigenvalue weighted by Crippen LogP contribution is 2.19. The van der Waals surface area contributed by atoms with Crippen LogP contribution >= 0.6 is 0 Å². The molecule has 1 aliphatic heterocycles. The first-order chi connectivity index (χ1) is 10.1. The number of amides is 1. The topological polar surface area (TPSA) is 72.3 Å². The second-order valence-electron chi connectivity index (χ2n) is 5.31. The lowest BCUT2D eigenvalue weighted by molar-refractivity contribution is -0.123. The number of likely N-dealkylation sites (tertiary alicyclic amines) is 1. The zero-order valence-electron chi connectivity index (χ0n) is 11.9. The molecule has 1 amide bonds. The average Bonchev–Trinajstić information content (AvgIpc) is 2.45. The molecule has 5 heteroatoms. The molecule has 0 radical (unpaired) electrons. The Balaban J connectivity index is 2.00. The van der Waals surface area contributed by atoms with Crippen molar-refractivity contribution >= 4 is 5.91 Å². The molecule has 0 aliphatic carbocycles. The third kappa shape index (κ3) is 4.55. The van der Waals surface area contributed by atoms with Crippen LogP contribution in [0.5, 0.6) is 0 Å². The number of piperidine rings is 1. The number of hydrogen-bond acceptors (Lipinski definition) is 3. The Morgan fingerprint density at radius 3 is 2.67 bits per heavy atom. The molecule has 1 saturated heterocycles. The molecular formula is C16H20FN3O. The lowest BCUT2D eigenvalue weighted by Gasteiger charge is -2.30. The highest BCUT2D eigenvalue weighted by atomic mass is 19.1. The van der Waals surface area contributed by atoms with Crippen LogP contribution in [0.2, 0.25) is 0 Å². The first-order valence-electron chi connectivity index (χ1n) is 7.08. The quantitative estimate of drug-likeness (QED) is 0.810. The van der Waals surface area contributed by atoms with Gasteiger partial charge in [0.05, 0.1) is 6.54 Å². The lowest BCUT2D eigenvalue weighted by Crippen LogP contribution is -2.38. The zero-order chi connectivity index (χ0) is 15.2. The van der Waals surface area contributed by atoms with Gasteiger partial charge in [0.25, 0.3) is 0 Å². The van der Waals surface area contributed by atoms with Crippen LogP contribution in [0.1, 0.15) is 24.0 Å². The van der Waals surface area contributed by atoms with E-state index in [9.17, 15) is 9.18 Å². The summed E-state index contributed by atoms with van der Waals surface area (Å²) in [5.41, 5.74) is 12.2. The van der Waals surface area contributed by atoms with Crippen molar-refractivity contribution in [2.75, 3.05) is 19.6 Å². The molecular weight excluding hydrogens is 269 g/mol. The monoisotopic (exact) mass is 289 g/mol. The largest absolute Gasteiger partial charge is 0.369 e. The summed E-state index contributed by atoms with van der Waals surface area (Å²) in [4.78, 5) is 13.3. The number of nitrogens with two attached hydrogens (primary N) is 2. The highest BCUT2D eigenvalue weighted by molar-refractivity contribution is 5.76. The Kier molecular flexibility index (Phi) is 5.32. The van der Waals surface area contributed by atoms with Crippen molar-refractivity contribution in [3.8, 4) is 11.8 Å². The van der Waals surface area contributed by atoms with Crippen molar-refractivity contribution in [2.45, 2.75) is 19.4 Å². The molecule has 1 aliphatic rings. The van der Waals surface area contributed by atoms with Crippen molar-refractivity contribution in [1.29, 1.82) is 0 Å². The minimum Gasteiger partial charge on any atom is -0.369 e. The van der Waals surface area contributed by atoms with Gasteiger partial charge in [0.2, 0.25) is 5.91 Å². The SMILES string of the molecule is NCC#Cc1cc(F)cc(CN2CCC(C(N)=O)CC2)c1. The van der Waals surface area contributed by atoms with Crippen molar-refractivity contribution in [3.63, 3.8) is 0 Å². The predicted octanol–water partition coefficient (Wildman–Crippen LogP) is 0.833. The van der Waals surface area contributed by atoms with E-state index in [1.165, 1.54) is 12.1 Å². The van der Waals surface area contributed by atoms with Gasteiger partial charge in [-0.2, -0.15) is 0 Å². The molecule has 1 fully saturated rings. The van der Waals surface area contributed by atoms with Crippen molar-refractivity contribution in [3.05, 3.63) is 35.1 Å². The molecule has 0 bridgehead atoms. The van der Waals surface area contributed by atoms with E-state index in [0.29, 0.717) is 12.1 Å². The summed E-state index contributed by atoms with van der Waals surface area (Å²) in [6, 6.07) is 4.81. The Hall–Kier alpha value is -1.90. The number of primary amides is 1. The Bertz CT molecular complexity index is 569. The smallest absolute Gasteiger partial charge is 0.220 e. The number of nitrogens with zero attached hydrogens (tertiary/aromatic N) is 1.